The van der Waals surface area contributed by atoms with Crippen molar-refractivity contribution >= 4 is 22.6 Å². The van der Waals surface area contributed by atoms with Crippen LogP contribution in [0.3, 0.4) is 0 Å². The van der Waals surface area contributed by atoms with E-state index in [1.165, 1.54) is 6.20 Å². The fourth-order valence-corrected chi connectivity index (χ4v) is 4.90. The zero-order valence-corrected chi connectivity index (χ0v) is 19.2. The van der Waals surface area contributed by atoms with Crippen LogP contribution in [0.2, 0.25) is 5.02 Å². The van der Waals surface area contributed by atoms with Gasteiger partial charge in [0, 0.05) is 46.6 Å². The highest BCUT2D eigenvalue weighted by molar-refractivity contribution is 6.31. The summed E-state index contributed by atoms with van der Waals surface area (Å²) in [5, 5.41) is 7.93. The van der Waals surface area contributed by atoms with E-state index in [4.69, 9.17) is 11.6 Å². The first-order valence-corrected chi connectivity index (χ1v) is 11.5. The van der Waals surface area contributed by atoms with Crippen molar-refractivity contribution in [3.8, 4) is 16.9 Å². The van der Waals surface area contributed by atoms with Crippen LogP contribution in [0.25, 0.3) is 22.2 Å². The Morgan fingerprint density at radius 3 is 2.71 bits per heavy atom. The van der Waals surface area contributed by atoms with E-state index in [-0.39, 0.29) is 11.3 Å². The SMILES string of the molecule is FC[C@@H](c1c(OC(F)F)ccc(F)c1Cl)c1c[nH]c2ncc(-c3cnn(C4CCNCC4)c3)cc12. The third-order valence-electron chi connectivity index (χ3n) is 6.37. The van der Waals surface area contributed by atoms with Crippen LogP contribution in [-0.4, -0.2) is 46.1 Å². The number of H-pyrrole nitrogens is 1. The van der Waals surface area contributed by atoms with Crippen molar-refractivity contribution in [3.63, 3.8) is 0 Å². The molecule has 1 saturated heterocycles. The number of pyridine rings is 1. The Kier molecular flexibility index (Phi) is 6.66. The molecule has 4 aromatic rings. The second-order valence-corrected chi connectivity index (χ2v) is 8.79. The van der Waals surface area contributed by atoms with Gasteiger partial charge in [-0.15, -0.1) is 0 Å². The number of benzene rings is 1. The van der Waals surface area contributed by atoms with Crippen LogP contribution in [0.15, 0.2) is 43.0 Å². The second-order valence-electron chi connectivity index (χ2n) is 8.41. The molecule has 0 saturated carbocycles. The maximum Gasteiger partial charge on any atom is 0.387 e. The van der Waals surface area contributed by atoms with Crippen LogP contribution in [0.5, 0.6) is 5.75 Å². The number of hydrogen-bond donors (Lipinski definition) is 2. The van der Waals surface area contributed by atoms with Gasteiger partial charge in [0.2, 0.25) is 0 Å². The van der Waals surface area contributed by atoms with E-state index >= 15 is 0 Å². The summed E-state index contributed by atoms with van der Waals surface area (Å²) in [7, 11) is 0. The van der Waals surface area contributed by atoms with Crippen LogP contribution in [0.1, 0.15) is 35.9 Å². The minimum absolute atomic E-state index is 0.181. The third kappa shape index (κ3) is 4.60. The van der Waals surface area contributed by atoms with Gasteiger partial charge in [-0.1, -0.05) is 11.6 Å². The third-order valence-corrected chi connectivity index (χ3v) is 6.75. The van der Waals surface area contributed by atoms with E-state index in [1.54, 1.807) is 12.4 Å². The van der Waals surface area contributed by atoms with Crippen LogP contribution in [0, 0.1) is 5.82 Å². The minimum Gasteiger partial charge on any atom is -0.434 e. The second kappa shape index (κ2) is 9.87. The Labute approximate surface area is 203 Å². The number of aromatic nitrogens is 4. The lowest BCUT2D eigenvalue weighted by Gasteiger charge is -2.22. The number of halogens is 5. The van der Waals surface area contributed by atoms with Gasteiger partial charge in [-0.3, -0.25) is 9.07 Å². The smallest absolute Gasteiger partial charge is 0.387 e. The number of nitrogens with one attached hydrogen (secondary N) is 2. The Morgan fingerprint density at radius 1 is 1.17 bits per heavy atom. The Morgan fingerprint density at radius 2 is 1.97 bits per heavy atom. The number of fused-ring (bicyclic) bond motifs is 1. The molecule has 1 aliphatic rings. The highest BCUT2D eigenvalue weighted by Crippen LogP contribution is 2.42. The first-order valence-electron chi connectivity index (χ1n) is 11.2. The highest BCUT2D eigenvalue weighted by Gasteiger charge is 2.28. The molecule has 0 radical (unpaired) electrons. The molecule has 0 amide bonds. The van der Waals surface area contributed by atoms with Crippen molar-refractivity contribution in [1.82, 2.24) is 25.1 Å². The summed E-state index contributed by atoms with van der Waals surface area (Å²) < 4.78 is 61.1. The van der Waals surface area contributed by atoms with Crippen molar-refractivity contribution in [2.24, 2.45) is 0 Å². The van der Waals surface area contributed by atoms with Gasteiger partial charge in [0.05, 0.1) is 17.3 Å². The van der Waals surface area contributed by atoms with Gasteiger partial charge in [-0.25, -0.2) is 9.37 Å². The average molecular weight is 508 g/mol. The molecule has 0 bridgehead atoms. The molecule has 1 atom stereocenters. The Hall–Kier alpha value is -3.11. The monoisotopic (exact) mass is 507 g/mol. The lowest BCUT2D eigenvalue weighted by Crippen LogP contribution is -2.29. The van der Waals surface area contributed by atoms with Gasteiger partial charge in [0.15, 0.2) is 0 Å². The number of alkyl halides is 3. The molecule has 0 aliphatic carbocycles. The number of ether oxygens (including phenoxy) is 1. The number of hydrogen-bond acceptors (Lipinski definition) is 4. The predicted molar refractivity (Wildman–Crippen MR) is 124 cm³/mol. The van der Waals surface area contributed by atoms with Crippen LogP contribution in [0.4, 0.5) is 17.6 Å². The molecular formula is C24H22ClF4N5O. The maximum absolute atomic E-state index is 14.4. The maximum atomic E-state index is 14.4. The predicted octanol–water partition coefficient (Wildman–Crippen LogP) is 5.85. The van der Waals surface area contributed by atoms with E-state index in [2.05, 4.69) is 25.1 Å². The van der Waals surface area contributed by atoms with Crippen molar-refractivity contribution in [3.05, 3.63) is 65.0 Å². The fraction of sp³-hybridized carbons (Fsp3) is 0.333. The molecule has 5 rings (SSSR count). The van der Waals surface area contributed by atoms with E-state index < -0.39 is 30.0 Å². The van der Waals surface area contributed by atoms with Crippen molar-refractivity contribution in [2.45, 2.75) is 31.4 Å². The molecular weight excluding hydrogens is 486 g/mol. The minimum atomic E-state index is -3.18. The molecule has 184 valence electrons. The topological polar surface area (TPSA) is 67.8 Å². The van der Waals surface area contributed by atoms with Crippen molar-refractivity contribution in [1.29, 1.82) is 0 Å². The van der Waals surface area contributed by atoms with Crippen LogP contribution >= 0.6 is 11.6 Å². The standard InChI is InChI=1S/C24H22ClF4N5O/c25-22-19(27)1-2-20(35-24(28)29)21(22)17(8-26)18-11-32-23-16(18)7-13(9-31-23)14-10-33-34(12-14)15-3-5-30-6-4-15/h1-2,7,9-12,15,17,24,30H,3-6,8H2,(H,31,32)/t17-/m1/s1. The summed E-state index contributed by atoms with van der Waals surface area (Å²) >= 11 is 6.12. The summed E-state index contributed by atoms with van der Waals surface area (Å²) in [6.45, 7) is -2.33. The molecule has 3 aromatic heterocycles. The van der Waals surface area contributed by atoms with E-state index in [9.17, 15) is 17.6 Å². The number of piperidine rings is 1. The lowest BCUT2D eigenvalue weighted by atomic mass is 9.91. The molecule has 11 heteroatoms. The fourth-order valence-electron chi connectivity index (χ4n) is 4.62. The van der Waals surface area contributed by atoms with Gasteiger partial charge in [0.1, 0.15) is 23.9 Å². The largest absolute Gasteiger partial charge is 0.434 e. The van der Waals surface area contributed by atoms with E-state index in [0.717, 1.165) is 49.2 Å². The van der Waals surface area contributed by atoms with Gasteiger partial charge in [0.25, 0.3) is 0 Å². The first kappa shape index (κ1) is 23.6. The first-order chi connectivity index (χ1) is 17.0. The van der Waals surface area contributed by atoms with Crippen LogP contribution < -0.4 is 10.1 Å². The summed E-state index contributed by atoms with van der Waals surface area (Å²) in [6, 6.07) is 4.07. The molecule has 35 heavy (non-hydrogen) atoms. The molecule has 1 aliphatic heterocycles. The van der Waals surface area contributed by atoms with Crippen LogP contribution in [-0.2, 0) is 0 Å². The van der Waals surface area contributed by atoms with E-state index in [1.807, 2.05) is 16.9 Å². The van der Waals surface area contributed by atoms with Crippen molar-refractivity contribution < 1.29 is 22.3 Å². The summed E-state index contributed by atoms with van der Waals surface area (Å²) in [6.07, 6.45) is 8.87. The van der Waals surface area contributed by atoms with Gasteiger partial charge < -0.3 is 15.0 Å². The quantitative estimate of drug-likeness (QED) is 0.308. The number of nitrogens with zero attached hydrogens (tertiary/aromatic N) is 3. The summed E-state index contributed by atoms with van der Waals surface area (Å²) in [5.41, 5.74) is 2.28. The van der Waals surface area contributed by atoms with Crippen molar-refractivity contribution in [2.75, 3.05) is 19.8 Å². The van der Waals surface area contributed by atoms with Gasteiger partial charge in [-0.2, -0.15) is 13.9 Å². The molecule has 1 aromatic carbocycles. The normalized spacial score (nSPS) is 15.7. The summed E-state index contributed by atoms with van der Waals surface area (Å²) in [5.74, 6) is -2.39. The Balaban J connectivity index is 1.55. The van der Waals surface area contributed by atoms with E-state index in [0.29, 0.717) is 22.6 Å². The number of rotatable bonds is 7. The molecule has 4 heterocycles. The molecule has 6 nitrogen and oxygen atoms in total. The summed E-state index contributed by atoms with van der Waals surface area (Å²) in [4.78, 5) is 7.41. The zero-order chi connectivity index (χ0) is 24.5. The highest BCUT2D eigenvalue weighted by atomic mass is 35.5. The molecule has 1 fully saturated rings. The zero-order valence-electron chi connectivity index (χ0n) is 18.4. The number of aromatic amines is 1. The molecule has 0 unspecified atom stereocenters. The molecule has 0 spiro atoms. The molecule has 2 N–H and O–H groups in total. The average Bonchev–Trinajstić information content (AvgIpc) is 3.51. The van der Waals surface area contributed by atoms with Gasteiger partial charge in [-0.05, 0) is 49.7 Å². The van der Waals surface area contributed by atoms with Gasteiger partial charge >= 0.3 is 6.61 Å². The Bertz CT molecular complexity index is 1330. The lowest BCUT2D eigenvalue weighted by molar-refractivity contribution is -0.0506.